The molecule has 4 nitrogen and oxygen atoms in total. The van der Waals surface area contributed by atoms with Gasteiger partial charge in [-0.2, -0.15) is 0 Å². The normalized spacial score (nSPS) is 13.8. The Morgan fingerprint density at radius 3 is 2.64 bits per heavy atom. The summed E-state index contributed by atoms with van der Waals surface area (Å²) in [6.45, 7) is 0.776. The van der Waals surface area contributed by atoms with E-state index in [1.54, 1.807) is 18.1 Å². The summed E-state index contributed by atoms with van der Waals surface area (Å²) in [7, 11) is 1.62. The summed E-state index contributed by atoms with van der Waals surface area (Å²) in [6, 6.07) is 19.9. The monoisotopic (exact) mass is 377 g/mol. The molecule has 1 amide bonds. The third-order valence-corrected chi connectivity index (χ3v) is 4.79. The van der Waals surface area contributed by atoms with Crippen LogP contribution < -0.4 is 9.64 Å². The highest BCUT2D eigenvalue weighted by Crippen LogP contribution is 2.31. The maximum Gasteiger partial charge on any atom is 0.253 e. The molecular formula is C23H20FNO3. The Bertz CT molecular complexity index is 1020. The topological polar surface area (TPSA) is 38.8 Å². The van der Waals surface area contributed by atoms with E-state index in [1.165, 1.54) is 12.1 Å². The van der Waals surface area contributed by atoms with Crippen LogP contribution in [0.25, 0.3) is 11.1 Å². The first-order chi connectivity index (χ1) is 13.6. The van der Waals surface area contributed by atoms with Gasteiger partial charge in [0.2, 0.25) is 0 Å². The number of benzene rings is 3. The summed E-state index contributed by atoms with van der Waals surface area (Å²) in [5.74, 6) is 0.372. The molecule has 0 aromatic heterocycles. The zero-order valence-corrected chi connectivity index (χ0v) is 15.5. The second-order valence-electron chi connectivity index (χ2n) is 6.68. The third kappa shape index (κ3) is 3.75. The minimum absolute atomic E-state index is 0.0218. The van der Waals surface area contributed by atoms with Crippen LogP contribution in [0.1, 0.15) is 11.1 Å². The molecule has 0 bridgehead atoms. The number of nitrogens with zero attached hydrogens (tertiary/aromatic N) is 1. The number of halogens is 1. The van der Waals surface area contributed by atoms with Crippen molar-refractivity contribution in [3.05, 3.63) is 83.7 Å². The van der Waals surface area contributed by atoms with Crippen LogP contribution >= 0.6 is 0 Å². The van der Waals surface area contributed by atoms with Crippen molar-refractivity contribution in [3.63, 3.8) is 0 Å². The van der Waals surface area contributed by atoms with Gasteiger partial charge in [-0.1, -0.05) is 30.3 Å². The Balaban J connectivity index is 1.70. The Morgan fingerprint density at radius 2 is 1.82 bits per heavy atom. The maximum absolute atomic E-state index is 13.6. The van der Waals surface area contributed by atoms with Crippen molar-refractivity contribution in [1.29, 1.82) is 0 Å². The molecule has 0 fully saturated rings. The van der Waals surface area contributed by atoms with Crippen LogP contribution in [0.2, 0.25) is 0 Å². The summed E-state index contributed by atoms with van der Waals surface area (Å²) in [5.41, 5.74) is 4.35. The van der Waals surface area contributed by atoms with E-state index in [-0.39, 0.29) is 18.3 Å². The lowest BCUT2D eigenvalue weighted by atomic mass is 10.0. The van der Waals surface area contributed by atoms with Crippen molar-refractivity contribution in [2.24, 2.45) is 0 Å². The average molecular weight is 377 g/mol. The smallest absolute Gasteiger partial charge is 0.253 e. The van der Waals surface area contributed by atoms with Gasteiger partial charge in [0, 0.05) is 11.3 Å². The molecule has 3 aromatic rings. The fourth-order valence-corrected chi connectivity index (χ4v) is 3.40. The number of rotatable bonds is 4. The SMILES string of the molecule is COc1cccc(CN2C(=O)COCc3cc(-c4cccc(F)c4)ccc32)c1. The number of anilines is 1. The number of methoxy groups -OCH3 is 1. The van der Waals surface area contributed by atoms with Crippen LogP contribution in [0, 0.1) is 5.82 Å². The summed E-state index contributed by atoms with van der Waals surface area (Å²) in [4.78, 5) is 14.4. The van der Waals surface area contributed by atoms with Crippen molar-refractivity contribution in [2.75, 3.05) is 18.6 Å². The molecule has 0 radical (unpaired) electrons. The quantitative estimate of drug-likeness (QED) is 0.669. The molecule has 0 atom stereocenters. The number of ether oxygens (including phenoxy) is 2. The zero-order valence-electron chi connectivity index (χ0n) is 15.5. The summed E-state index contributed by atoms with van der Waals surface area (Å²) in [5, 5.41) is 0. The third-order valence-electron chi connectivity index (χ3n) is 4.79. The molecule has 0 unspecified atom stereocenters. The Hall–Kier alpha value is -3.18. The molecule has 0 aliphatic carbocycles. The maximum atomic E-state index is 13.6. The van der Waals surface area contributed by atoms with E-state index in [9.17, 15) is 9.18 Å². The molecule has 3 aromatic carbocycles. The molecule has 4 rings (SSSR count). The number of hydrogen-bond acceptors (Lipinski definition) is 3. The number of amides is 1. The number of hydrogen-bond donors (Lipinski definition) is 0. The largest absolute Gasteiger partial charge is 0.497 e. The van der Waals surface area contributed by atoms with Gasteiger partial charge in [0.25, 0.3) is 5.91 Å². The number of carbonyl (C=O) groups excluding carboxylic acids is 1. The van der Waals surface area contributed by atoms with E-state index >= 15 is 0 Å². The molecular weight excluding hydrogens is 357 g/mol. The van der Waals surface area contributed by atoms with E-state index in [2.05, 4.69) is 0 Å². The lowest BCUT2D eigenvalue weighted by Crippen LogP contribution is -2.32. The highest BCUT2D eigenvalue weighted by atomic mass is 19.1. The Morgan fingerprint density at radius 1 is 1.00 bits per heavy atom. The van der Waals surface area contributed by atoms with Gasteiger partial charge in [-0.05, 0) is 53.1 Å². The van der Waals surface area contributed by atoms with Gasteiger partial charge in [-0.3, -0.25) is 4.79 Å². The van der Waals surface area contributed by atoms with Crippen molar-refractivity contribution >= 4 is 11.6 Å². The summed E-state index contributed by atoms with van der Waals surface area (Å²) >= 11 is 0. The molecule has 142 valence electrons. The van der Waals surface area contributed by atoms with Gasteiger partial charge in [0.1, 0.15) is 18.2 Å². The van der Waals surface area contributed by atoms with Gasteiger partial charge < -0.3 is 14.4 Å². The van der Waals surface area contributed by atoms with Crippen LogP contribution in [0.4, 0.5) is 10.1 Å². The van der Waals surface area contributed by atoms with E-state index in [0.717, 1.165) is 33.7 Å². The predicted molar refractivity (Wildman–Crippen MR) is 106 cm³/mol. The van der Waals surface area contributed by atoms with E-state index in [0.29, 0.717) is 13.2 Å². The number of fused-ring (bicyclic) bond motifs is 1. The minimum atomic E-state index is -0.279. The first-order valence-electron chi connectivity index (χ1n) is 9.04. The second kappa shape index (κ2) is 7.82. The average Bonchev–Trinajstić information content (AvgIpc) is 2.86. The molecule has 0 spiro atoms. The van der Waals surface area contributed by atoms with E-state index in [4.69, 9.17) is 9.47 Å². The number of carbonyl (C=O) groups is 1. The summed E-state index contributed by atoms with van der Waals surface area (Å²) < 4.78 is 24.4. The highest BCUT2D eigenvalue weighted by molar-refractivity contribution is 5.96. The molecule has 5 heteroatoms. The van der Waals surface area contributed by atoms with Crippen LogP contribution in [-0.2, 0) is 22.7 Å². The molecule has 28 heavy (non-hydrogen) atoms. The lowest BCUT2D eigenvalue weighted by molar-refractivity contribution is -0.123. The second-order valence-corrected chi connectivity index (χ2v) is 6.68. The molecule has 1 heterocycles. The molecule has 1 aliphatic heterocycles. The Labute approximate surface area is 163 Å². The van der Waals surface area contributed by atoms with Crippen molar-refractivity contribution in [1.82, 2.24) is 0 Å². The van der Waals surface area contributed by atoms with Crippen molar-refractivity contribution in [3.8, 4) is 16.9 Å². The first-order valence-corrected chi connectivity index (χ1v) is 9.04. The lowest BCUT2D eigenvalue weighted by Gasteiger charge is -2.23. The van der Waals surface area contributed by atoms with Crippen LogP contribution in [0.15, 0.2) is 66.7 Å². The molecule has 0 N–H and O–H groups in total. The fraction of sp³-hybridized carbons (Fsp3) is 0.174. The van der Waals surface area contributed by atoms with Crippen LogP contribution in [0.3, 0.4) is 0 Å². The van der Waals surface area contributed by atoms with Gasteiger partial charge in [0.15, 0.2) is 0 Å². The minimum Gasteiger partial charge on any atom is -0.497 e. The van der Waals surface area contributed by atoms with Crippen LogP contribution in [0.5, 0.6) is 5.75 Å². The van der Waals surface area contributed by atoms with Gasteiger partial charge in [0.05, 0.1) is 20.3 Å². The zero-order chi connectivity index (χ0) is 19.5. The standard InChI is InChI=1S/C23H20FNO3/c1-27-21-7-2-4-16(10-21)13-25-22-9-8-18(17-5-3-6-20(24)12-17)11-19(22)14-28-15-23(25)26/h2-12H,13-15H2,1H3. The first kappa shape index (κ1) is 18.2. The Kier molecular flexibility index (Phi) is 5.08. The van der Waals surface area contributed by atoms with Crippen LogP contribution in [-0.4, -0.2) is 19.6 Å². The van der Waals surface area contributed by atoms with Crippen molar-refractivity contribution < 1.29 is 18.7 Å². The summed E-state index contributed by atoms with van der Waals surface area (Å²) in [6.07, 6.45) is 0. The predicted octanol–water partition coefficient (Wildman–Crippen LogP) is 4.56. The molecule has 1 aliphatic rings. The fourth-order valence-electron chi connectivity index (χ4n) is 3.40. The van der Waals surface area contributed by atoms with E-state index in [1.807, 2.05) is 48.5 Å². The highest BCUT2D eigenvalue weighted by Gasteiger charge is 2.23. The van der Waals surface area contributed by atoms with Gasteiger partial charge >= 0.3 is 0 Å². The van der Waals surface area contributed by atoms with Gasteiger partial charge in [-0.25, -0.2) is 4.39 Å². The van der Waals surface area contributed by atoms with Gasteiger partial charge in [-0.15, -0.1) is 0 Å². The molecule has 0 saturated heterocycles. The molecule has 0 saturated carbocycles. The van der Waals surface area contributed by atoms with Crippen molar-refractivity contribution in [2.45, 2.75) is 13.2 Å². The van der Waals surface area contributed by atoms with E-state index < -0.39 is 0 Å².